The number of halogens is 2. The minimum Gasteiger partial charge on any atom is -0.478 e. The average molecular weight is 295 g/mol. The lowest BCUT2D eigenvalue weighted by Gasteiger charge is -2.05. The fraction of sp³-hybridized carbons (Fsp3) is 0. The van der Waals surface area contributed by atoms with Crippen LogP contribution in [0.4, 0.5) is 4.39 Å². The Bertz CT molecular complexity index is 564. The molecule has 0 amide bonds. The second kappa shape index (κ2) is 4.67. The van der Waals surface area contributed by atoms with Gasteiger partial charge >= 0.3 is 5.97 Å². The molecule has 2 aromatic rings. The third-order valence-corrected chi connectivity index (χ3v) is 2.90. The summed E-state index contributed by atoms with van der Waals surface area (Å²) < 4.78 is 14.5. The van der Waals surface area contributed by atoms with E-state index in [1.165, 1.54) is 18.2 Å². The normalized spacial score (nSPS) is 10.2. The second-order valence-electron chi connectivity index (χ2n) is 3.51. The van der Waals surface area contributed by atoms with Gasteiger partial charge in [0.2, 0.25) is 0 Å². The van der Waals surface area contributed by atoms with Crippen LogP contribution in [0.25, 0.3) is 11.1 Å². The van der Waals surface area contributed by atoms with E-state index >= 15 is 0 Å². The maximum atomic E-state index is 13.6. The molecule has 2 rings (SSSR count). The Morgan fingerprint density at radius 3 is 2.35 bits per heavy atom. The number of hydrogen-bond acceptors (Lipinski definition) is 1. The van der Waals surface area contributed by atoms with Gasteiger partial charge in [0.1, 0.15) is 5.82 Å². The van der Waals surface area contributed by atoms with Crippen LogP contribution < -0.4 is 0 Å². The van der Waals surface area contributed by atoms with Crippen LogP contribution in [0.15, 0.2) is 46.9 Å². The van der Waals surface area contributed by atoms with Crippen LogP contribution in [0.1, 0.15) is 10.4 Å². The minimum atomic E-state index is -1.07. The van der Waals surface area contributed by atoms with Crippen molar-refractivity contribution in [3.8, 4) is 11.1 Å². The van der Waals surface area contributed by atoms with Crippen LogP contribution in [-0.2, 0) is 0 Å². The van der Waals surface area contributed by atoms with Gasteiger partial charge in [0, 0.05) is 10.0 Å². The molecule has 0 aliphatic carbocycles. The summed E-state index contributed by atoms with van der Waals surface area (Å²) in [4.78, 5) is 10.8. The highest BCUT2D eigenvalue weighted by Gasteiger charge is 2.09. The molecule has 4 heteroatoms. The number of carbonyl (C=O) groups is 1. The van der Waals surface area contributed by atoms with Crippen LogP contribution in [-0.4, -0.2) is 11.1 Å². The standard InChI is InChI=1S/C13H8BrFO2/c14-10-4-1-8(2-5-10)11-7-9(13(16)17)3-6-12(11)15/h1-7H,(H,16,17). The lowest BCUT2D eigenvalue weighted by molar-refractivity contribution is 0.0697. The molecule has 0 bridgehead atoms. The van der Waals surface area contributed by atoms with Crippen molar-refractivity contribution in [1.82, 2.24) is 0 Å². The highest BCUT2D eigenvalue weighted by atomic mass is 79.9. The summed E-state index contributed by atoms with van der Waals surface area (Å²) in [5.74, 6) is -1.50. The lowest BCUT2D eigenvalue weighted by Crippen LogP contribution is -1.97. The third-order valence-electron chi connectivity index (χ3n) is 2.37. The molecule has 2 nitrogen and oxygen atoms in total. The van der Waals surface area contributed by atoms with Gasteiger partial charge in [-0.3, -0.25) is 0 Å². The molecule has 0 heterocycles. The quantitative estimate of drug-likeness (QED) is 0.910. The van der Waals surface area contributed by atoms with Crippen LogP contribution in [0, 0.1) is 5.82 Å². The number of aromatic carboxylic acids is 1. The molecule has 0 aliphatic rings. The first kappa shape index (κ1) is 11.8. The van der Waals surface area contributed by atoms with Gasteiger partial charge in [-0.2, -0.15) is 0 Å². The van der Waals surface area contributed by atoms with Crippen molar-refractivity contribution in [2.24, 2.45) is 0 Å². The zero-order valence-electron chi connectivity index (χ0n) is 8.65. The summed E-state index contributed by atoms with van der Waals surface area (Å²) in [6.45, 7) is 0. The zero-order chi connectivity index (χ0) is 12.4. The molecule has 1 N–H and O–H groups in total. The average Bonchev–Trinajstić information content (AvgIpc) is 2.31. The van der Waals surface area contributed by atoms with E-state index in [0.717, 1.165) is 4.47 Å². The molecule has 0 spiro atoms. The second-order valence-corrected chi connectivity index (χ2v) is 4.42. The van der Waals surface area contributed by atoms with Crippen LogP contribution in [0.5, 0.6) is 0 Å². The van der Waals surface area contributed by atoms with E-state index in [9.17, 15) is 9.18 Å². The summed E-state index contributed by atoms with van der Waals surface area (Å²) in [6, 6.07) is 10.8. The summed E-state index contributed by atoms with van der Waals surface area (Å²) >= 11 is 3.29. The maximum absolute atomic E-state index is 13.6. The fourth-order valence-corrected chi connectivity index (χ4v) is 1.77. The number of rotatable bonds is 2. The number of hydrogen-bond donors (Lipinski definition) is 1. The molecule has 0 radical (unpaired) electrons. The molecule has 2 aromatic carbocycles. The first-order valence-electron chi connectivity index (χ1n) is 4.87. The molecule has 0 unspecified atom stereocenters. The first-order valence-corrected chi connectivity index (χ1v) is 5.66. The van der Waals surface area contributed by atoms with E-state index in [4.69, 9.17) is 5.11 Å². The number of benzene rings is 2. The lowest BCUT2D eigenvalue weighted by atomic mass is 10.0. The van der Waals surface area contributed by atoms with Gasteiger partial charge in [-0.25, -0.2) is 9.18 Å². The van der Waals surface area contributed by atoms with Crippen molar-refractivity contribution in [2.45, 2.75) is 0 Å². The van der Waals surface area contributed by atoms with Gasteiger partial charge in [-0.1, -0.05) is 28.1 Å². The molecule has 17 heavy (non-hydrogen) atoms. The molecule has 0 fully saturated rings. The van der Waals surface area contributed by atoms with Gasteiger partial charge < -0.3 is 5.11 Å². The molecular formula is C13H8BrFO2. The highest BCUT2D eigenvalue weighted by molar-refractivity contribution is 9.10. The minimum absolute atomic E-state index is 0.0734. The van der Waals surface area contributed by atoms with Crippen molar-refractivity contribution in [3.05, 3.63) is 58.3 Å². The Hall–Kier alpha value is -1.68. The third kappa shape index (κ3) is 2.53. The van der Waals surface area contributed by atoms with Crippen molar-refractivity contribution in [3.63, 3.8) is 0 Å². The SMILES string of the molecule is O=C(O)c1ccc(F)c(-c2ccc(Br)cc2)c1. The van der Waals surface area contributed by atoms with E-state index < -0.39 is 11.8 Å². The van der Waals surface area contributed by atoms with Gasteiger partial charge in [-0.15, -0.1) is 0 Å². The van der Waals surface area contributed by atoms with Crippen LogP contribution in [0.3, 0.4) is 0 Å². The molecule has 0 aliphatic heterocycles. The molecule has 0 saturated heterocycles. The van der Waals surface area contributed by atoms with Crippen molar-refractivity contribution < 1.29 is 14.3 Å². The van der Waals surface area contributed by atoms with E-state index in [1.807, 2.05) is 0 Å². The van der Waals surface area contributed by atoms with E-state index in [2.05, 4.69) is 15.9 Å². The monoisotopic (exact) mass is 294 g/mol. The Morgan fingerprint density at radius 2 is 1.76 bits per heavy atom. The predicted molar refractivity (Wildman–Crippen MR) is 66.5 cm³/mol. The molecule has 86 valence electrons. The van der Waals surface area contributed by atoms with Crippen molar-refractivity contribution in [1.29, 1.82) is 0 Å². The number of carboxylic acid groups (broad SMARTS) is 1. The summed E-state index contributed by atoms with van der Waals surface area (Å²) in [7, 11) is 0. The van der Waals surface area contributed by atoms with Crippen LogP contribution >= 0.6 is 15.9 Å². The first-order chi connectivity index (χ1) is 8.08. The van der Waals surface area contributed by atoms with E-state index in [-0.39, 0.29) is 11.1 Å². The maximum Gasteiger partial charge on any atom is 0.335 e. The molecule has 0 aromatic heterocycles. The Labute approximate surface area is 106 Å². The summed E-state index contributed by atoms with van der Waals surface area (Å²) in [6.07, 6.45) is 0. The summed E-state index contributed by atoms with van der Waals surface area (Å²) in [5, 5.41) is 8.86. The largest absolute Gasteiger partial charge is 0.478 e. The van der Waals surface area contributed by atoms with E-state index in [1.54, 1.807) is 24.3 Å². The smallest absolute Gasteiger partial charge is 0.335 e. The van der Waals surface area contributed by atoms with Gasteiger partial charge in [0.15, 0.2) is 0 Å². The Kier molecular flexibility index (Phi) is 3.24. The Balaban J connectivity index is 2.54. The zero-order valence-corrected chi connectivity index (χ0v) is 10.2. The van der Waals surface area contributed by atoms with Crippen LogP contribution in [0.2, 0.25) is 0 Å². The predicted octanol–water partition coefficient (Wildman–Crippen LogP) is 3.95. The van der Waals surface area contributed by atoms with Gasteiger partial charge in [0.05, 0.1) is 5.56 Å². The van der Waals surface area contributed by atoms with Crippen molar-refractivity contribution >= 4 is 21.9 Å². The van der Waals surface area contributed by atoms with Gasteiger partial charge in [-0.05, 0) is 35.9 Å². The number of carboxylic acids is 1. The Morgan fingerprint density at radius 1 is 1.12 bits per heavy atom. The molecular weight excluding hydrogens is 287 g/mol. The summed E-state index contributed by atoms with van der Waals surface area (Å²) in [5.41, 5.74) is 1.01. The molecule has 0 atom stereocenters. The highest BCUT2D eigenvalue weighted by Crippen LogP contribution is 2.25. The topological polar surface area (TPSA) is 37.3 Å². The van der Waals surface area contributed by atoms with E-state index in [0.29, 0.717) is 5.56 Å². The fourth-order valence-electron chi connectivity index (χ4n) is 1.51. The van der Waals surface area contributed by atoms with Gasteiger partial charge in [0.25, 0.3) is 0 Å². The molecule has 0 saturated carbocycles. The van der Waals surface area contributed by atoms with Crippen molar-refractivity contribution in [2.75, 3.05) is 0 Å².